The summed E-state index contributed by atoms with van der Waals surface area (Å²) >= 11 is 0. The van der Waals surface area contributed by atoms with E-state index in [4.69, 9.17) is 4.74 Å². The van der Waals surface area contributed by atoms with Gasteiger partial charge in [-0.1, -0.05) is 18.2 Å². The molecule has 0 bridgehead atoms. The number of rotatable bonds is 3. The minimum Gasteiger partial charge on any atom is -0.508 e. The van der Waals surface area contributed by atoms with Crippen molar-refractivity contribution in [1.29, 1.82) is 0 Å². The smallest absolute Gasteiger partial charge is 0.321 e. The van der Waals surface area contributed by atoms with Gasteiger partial charge in [0.25, 0.3) is 0 Å². The van der Waals surface area contributed by atoms with E-state index in [1.807, 2.05) is 24.3 Å². The van der Waals surface area contributed by atoms with Crippen LogP contribution in [0.3, 0.4) is 0 Å². The van der Waals surface area contributed by atoms with Crippen molar-refractivity contribution in [2.24, 2.45) is 0 Å². The van der Waals surface area contributed by atoms with E-state index in [1.165, 1.54) is 0 Å². The van der Waals surface area contributed by atoms with Crippen molar-refractivity contribution in [2.45, 2.75) is 18.5 Å². The molecule has 0 radical (unpaired) electrons. The number of fused-ring (bicyclic) bond motifs is 3. The monoisotopic (exact) mass is 338 g/mol. The molecule has 6 nitrogen and oxygen atoms in total. The van der Waals surface area contributed by atoms with Gasteiger partial charge in [-0.15, -0.1) is 0 Å². The lowest BCUT2D eigenvalue weighted by molar-refractivity contribution is -0.139. The van der Waals surface area contributed by atoms with E-state index in [0.717, 1.165) is 22.2 Å². The van der Waals surface area contributed by atoms with Crippen LogP contribution in [0.2, 0.25) is 0 Å². The first-order valence-corrected chi connectivity index (χ1v) is 8.03. The van der Waals surface area contributed by atoms with Crippen LogP contribution in [-0.4, -0.2) is 34.3 Å². The number of para-hydroxylation sites is 1. The van der Waals surface area contributed by atoms with E-state index < -0.39 is 18.1 Å². The fraction of sp³-hybridized carbons (Fsp3) is 0.211. The molecule has 0 fully saturated rings. The maximum absolute atomic E-state index is 11.6. The van der Waals surface area contributed by atoms with E-state index in [9.17, 15) is 15.0 Å². The number of H-pyrrole nitrogens is 1. The van der Waals surface area contributed by atoms with Gasteiger partial charge < -0.3 is 19.9 Å². The van der Waals surface area contributed by atoms with Crippen molar-refractivity contribution < 1.29 is 19.7 Å². The highest BCUT2D eigenvalue weighted by Crippen LogP contribution is 2.39. The van der Waals surface area contributed by atoms with Crippen molar-refractivity contribution in [3.05, 3.63) is 59.3 Å². The number of carboxylic acid groups (broad SMARTS) is 1. The molecule has 25 heavy (non-hydrogen) atoms. The van der Waals surface area contributed by atoms with E-state index in [0.29, 0.717) is 17.7 Å². The van der Waals surface area contributed by atoms with Gasteiger partial charge in [-0.05, 0) is 29.8 Å². The van der Waals surface area contributed by atoms with Crippen LogP contribution in [-0.2, 0) is 11.2 Å². The Balaban J connectivity index is 1.92. The number of methoxy groups -OCH3 is 1. The summed E-state index contributed by atoms with van der Waals surface area (Å²) < 4.78 is 5.26. The molecule has 0 spiro atoms. The number of carboxylic acids is 1. The maximum atomic E-state index is 11.6. The van der Waals surface area contributed by atoms with Gasteiger partial charge in [0.05, 0.1) is 13.2 Å². The summed E-state index contributed by atoms with van der Waals surface area (Å²) in [5, 5.41) is 24.0. The lowest BCUT2D eigenvalue weighted by Gasteiger charge is -2.30. The summed E-state index contributed by atoms with van der Waals surface area (Å²) in [6.07, 6.45) is 0.385. The molecule has 1 aliphatic heterocycles. The van der Waals surface area contributed by atoms with Crippen LogP contribution >= 0.6 is 0 Å². The van der Waals surface area contributed by atoms with Gasteiger partial charge >= 0.3 is 5.97 Å². The number of benzene rings is 2. The van der Waals surface area contributed by atoms with Gasteiger partial charge in [0, 0.05) is 28.6 Å². The summed E-state index contributed by atoms with van der Waals surface area (Å²) in [6.45, 7) is 0. The molecule has 1 aliphatic rings. The molecule has 2 atom stereocenters. The Morgan fingerprint density at radius 2 is 2.04 bits per heavy atom. The number of hydrogen-bond donors (Lipinski definition) is 4. The van der Waals surface area contributed by atoms with E-state index in [-0.39, 0.29) is 5.75 Å². The Labute approximate surface area is 144 Å². The zero-order valence-electron chi connectivity index (χ0n) is 13.6. The number of ether oxygens (including phenoxy) is 1. The van der Waals surface area contributed by atoms with E-state index in [1.54, 1.807) is 25.3 Å². The molecular formula is C19H18N2O4. The van der Waals surface area contributed by atoms with Crippen LogP contribution in [0.4, 0.5) is 0 Å². The first kappa shape index (κ1) is 15.5. The topological polar surface area (TPSA) is 94.6 Å². The van der Waals surface area contributed by atoms with Gasteiger partial charge in [0.15, 0.2) is 0 Å². The second-order valence-corrected chi connectivity index (χ2v) is 6.18. The average Bonchev–Trinajstić information content (AvgIpc) is 3.00. The number of aromatic hydroxyl groups is 1. The van der Waals surface area contributed by atoms with Crippen molar-refractivity contribution in [3.63, 3.8) is 0 Å². The summed E-state index contributed by atoms with van der Waals surface area (Å²) in [5.74, 6) is -0.220. The molecule has 4 rings (SSSR count). The molecule has 6 heteroatoms. The normalized spacial score (nSPS) is 19.6. The van der Waals surface area contributed by atoms with Crippen LogP contribution in [0.25, 0.3) is 10.9 Å². The third-order valence-electron chi connectivity index (χ3n) is 4.76. The van der Waals surface area contributed by atoms with Crippen LogP contribution in [0.1, 0.15) is 22.9 Å². The average molecular weight is 338 g/mol. The molecule has 0 unspecified atom stereocenters. The summed E-state index contributed by atoms with van der Waals surface area (Å²) in [4.78, 5) is 15.0. The summed E-state index contributed by atoms with van der Waals surface area (Å²) in [6, 6.07) is 11.6. The van der Waals surface area contributed by atoms with E-state index >= 15 is 0 Å². The highest BCUT2D eigenvalue weighted by atomic mass is 16.5. The molecule has 0 saturated heterocycles. The maximum Gasteiger partial charge on any atom is 0.321 e. The fourth-order valence-corrected chi connectivity index (χ4v) is 3.53. The first-order valence-electron chi connectivity index (χ1n) is 8.03. The highest BCUT2D eigenvalue weighted by molar-refractivity contribution is 5.87. The van der Waals surface area contributed by atoms with Crippen LogP contribution in [0.15, 0.2) is 42.5 Å². The van der Waals surface area contributed by atoms with Crippen molar-refractivity contribution in [1.82, 2.24) is 10.3 Å². The summed E-state index contributed by atoms with van der Waals surface area (Å²) in [5.41, 5.74) is 3.38. The molecule has 2 heterocycles. The second kappa shape index (κ2) is 5.82. The minimum atomic E-state index is -0.914. The number of phenols is 1. The Morgan fingerprint density at radius 3 is 2.80 bits per heavy atom. The number of carbonyl (C=O) groups is 1. The minimum absolute atomic E-state index is 0.0916. The first-order chi connectivity index (χ1) is 12.1. The van der Waals surface area contributed by atoms with Crippen molar-refractivity contribution in [2.75, 3.05) is 7.11 Å². The third kappa shape index (κ3) is 2.51. The Kier molecular flexibility index (Phi) is 3.62. The molecule has 0 aliphatic carbocycles. The molecule has 3 aromatic rings. The molecule has 4 N–H and O–H groups in total. The van der Waals surface area contributed by atoms with Crippen LogP contribution < -0.4 is 10.1 Å². The number of aliphatic carboxylic acids is 1. The van der Waals surface area contributed by atoms with Gasteiger partial charge in [0.1, 0.15) is 17.5 Å². The highest BCUT2D eigenvalue weighted by Gasteiger charge is 2.35. The van der Waals surface area contributed by atoms with Gasteiger partial charge in [-0.2, -0.15) is 0 Å². The van der Waals surface area contributed by atoms with Gasteiger partial charge in [-0.25, -0.2) is 0 Å². The third-order valence-corrected chi connectivity index (χ3v) is 4.76. The number of nitrogens with one attached hydrogen (secondary N) is 2. The Bertz CT molecular complexity index is 963. The lowest BCUT2D eigenvalue weighted by Crippen LogP contribution is -2.45. The number of aromatic amines is 1. The number of hydrogen-bond acceptors (Lipinski definition) is 4. The number of aromatic nitrogens is 1. The predicted octanol–water partition coefficient (Wildman–Crippen LogP) is 2.57. The van der Waals surface area contributed by atoms with Crippen molar-refractivity contribution in [3.8, 4) is 11.5 Å². The fourth-order valence-electron chi connectivity index (χ4n) is 3.53. The lowest BCUT2D eigenvalue weighted by atomic mass is 9.90. The van der Waals surface area contributed by atoms with Crippen LogP contribution in [0, 0.1) is 0 Å². The summed E-state index contributed by atoms with van der Waals surface area (Å²) in [7, 11) is 1.55. The molecule has 128 valence electrons. The molecule has 0 saturated carbocycles. The molecule has 0 amide bonds. The predicted molar refractivity (Wildman–Crippen MR) is 93.1 cm³/mol. The van der Waals surface area contributed by atoms with Crippen molar-refractivity contribution >= 4 is 16.9 Å². The molecular weight excluding hydrogens is 320 g/mol. The number of phenolic OH excluding ortho intramolecular Hbond substituents is 1. The molecule has 2 aromatic carbocycles. The van der Waals surface area contributed by atoms with E-state index in [2.05, 4.69) is 10.3 Å². The zero-order chi connectivity index (χ0) is 17.6. The van der Waals surface area contributed by atoms with Gasteiger partial charge in [0.2, 0.25) is 0 Å². The SMILES string of the molecule is COc1ccc(O)c([C@H]2N[C@H](C(=O)O)Cc3c2[nH]c2ccccc32)c1. The Morgan fingerprint density at radius 1 is 1.24 bits per heavy atom. The van der Waals surface area contributed by atoms with Gasteiger partial charge in [-0.3, -0.25) is 10.1 Å². The quantitative estimate of drug-likeness (QED) is 0.589. The zero-order valence-corrected chi connectivity index (χ0v) is 13.6. The van der Waals surface area contributed by atoms with Crippen LogP contribution in [0.5, 0.6) is 11.5 Å². The molecule has 1 aromatic heterocycles. The Hall–Kier alpha value is -2.99. The largest absolute Gasteiger partial charge is 0.508 e. The standard InChI is InChI=1S/C19H18N2O4/c1-25-10-6-7-16(22)13(8-10)18-17-12(9-15(21-18)19(23)24)11-4-2-3-5-14(11)20-17/h2-8,15,18,20-22H,9H2,1H3,(H,23,24)/t15-,18+/m0/s1. The second-order valence-electron chi connectivity index (χ2n) is 6.18.